The molecule has 4 aromatic carbocycles. The molecular weight excluding hydrogens is 480 g/mol. The van der Waals surface area contributed by atoms with Crippen LogP contribution in [0.25, 0.3) is 67.0 Å². The van der Waals surface area contributed by atoms with E-state index in [9.17, 15) is 0 Å². The first-order valence-corrected chi connectivity index (χ1v) is 12.9. The number of hydrogen-bond acceptors (Lipinski definition) is 3. The normalized spacial score (nSPS) is 11.6. The fourth-order valence-electron chi connectivity index (χ4n) is 5.48. The van der Waals surface area contributed by atoms with Crippen LogP contribution in [-0.4, -0.2) is 19.1 Å². The van der Waals surface area contributed by atoms with Gasteiger partial charge >= 0.3 is 0 Å². The third-order valence-corrected chi connectivity index (χ3v) is 7.27. The molecule has 0 spiro atoms. The van der Waals surface area contributed by atoms with E-state index in [2.05, 4.69) is 86.9 Å². The van der Waals surface area contributed by atoms with Crippen LogP contribution in [0.1, 0.15) is 0 Å². The van der Waals surface area contributed by atoms with Crippen molar-refractivity contribution in [2.75, 3.05) is 0 Å². The van der Waals surface area contributed by atoms with Crippen molar-refractivity contribution in [3.63, 3.8) is 0 Å². The Balaban J connectivity index is 1.34. The van der Waals surface area contributed by atoms with Gasteiger partial charge in [0.25, 0.3) is 0 Å². The summed E-state index contributed by atoms with van der Waals surface area (Å²) in [6.07, 6.45) is 5.87. The van der Waals surface area contributed by atoms with Crippen molar-refractivity contribution in [2.45, 2.75) is 0 Å². The van der Waals surface area contributed by atoms with E-state index >= 15 is 0 Å². The van der Waals surface area contributed by atoms with Gasteiger partial charge in [0.2, 0.25) is 5.89 Å². The number of para-hydroxylation sites is 2. The zero-order chi connectivity index (χ0) is 25.8. The van der Waals surface area contributed by atoms with Gasteiger partial charge in [-0.2, -0.15) is 0 Å². The summed E-state index contributed by atoms with van der Waals surface area (Å²) < 4.78 is 10.7. The highest BCUT2D eigenvalue weighted by atomic mass is 16.3. The van der Waals surface area contributed by atoms with E-state index in [1.807, 2.05) is 61.1 Å². The molecule has 0 aliphatic rings. The second kappa shape index (κ2) is 8.57. The Morgan fingerprint density at radius 1 is 0.615 bits per heavy atom. The highest BCUT2D eigenvalue weighted by Crippen LogP contribution is 2.36. The molecule has 0 saturated heterocycles. The lowest BCUT2D eigenvalue weighted by Crippen LogP contribution is -1.95. The van der Waals surface area contributed by atoms with Gasteiger partial charge < -0.3 is 13.6 Å². The summed E-state index contributed by atoms with van der Waals surface area (Å²) in [6, 6.07) is 39.6. The molecule has 0 aliphatic carbocycles. The van der Waals surface area contributed by atoms with Gasteiger partial charge in [-0.1, -0.05) is 48.5 Å². The lowest BCUT2D eigenvalue weighted by Gasteiger charge is -2.10. The summed E-state index contributed by atoms with van der Waals surface area (Å²) in [6.45, 7) is 0. The Labute approximate surface area is 224 Å². The fourth-order valence-corrected chi connectivity index (χ4v) is 5.48. The van der Waals surface area contributed by atoms with Crippen LogP contribution < -0.4 is 0 Å². The Bertz CT molecular complexity index is 2120. The van der Waals surface area contributed by atoms with Crippen LogP contribution in [0.5, 0.6) is 0 Å². The summed E-state index contributed by atoms with van der Waals surface area (Å²) in [5.74, 6) is 0.602. The predicted octanol–water partition coefficient (Wildman–Crippen LogP) is 8.44. The third-order valence-electron chi connectivity index (χ3n) is 7.27. The quantitative estimate of drug-likeness (QED) is 0.243. The molecule has 0 bridgehead atoms. The Morgan fingerprint density at radius 3 is 2.36 bits per heavy atom. The van der Waals surface area contributed by atoms with E-state index in [0.717, 1.165) is 50.3 Å². The molecule has 4 aromatic heterocycles. The van der Waals surface area contributed by atoms with E-state index in [4.69, 9.17) is 9.40 Å². The summed E-state index contributed by atoms with van der Waals surface area (Å²) in [7, 11) is 0. The van der Waals surface area contributed by atoms with Gasteiger partial charge in [0.15, 0.2) is 5.58 Å². The molecule has 39 heavy (non-hydrogen) atoms. The minimum Gasteiger partial charge on any atom is -0.436 e. The molecule has 5 nitrogen and oxygen atoms in total. The van der Waals surface area contributed by atoms with E-state index in [1.165, 1.54) is 10.8 Å². The van der Waals surface area contributed by atoms with Crippen LogP contribution in [0.15, 0.2) is 138 Å². The van der Waals surface area contributed by atoms with E-state index in [-0.39, 0.29) is 0 Å². The van der Waals surface area contributed by atoms with Crippen molar-refractivity contribution in [3.05, 3.63) is 134 Å². The van der Waals surface area contributed by atoms with Crippen LogP contribution in [0.4, 0.5) is 0 Å². The number of rotatable bonds is 4. The molecule has 8 rings (SSSR count). The molecule has 0 amide bonds. The van der Waals surface area contributed by atoms with Crippen molar-refractivity contribution in [3.8, 4) is 34.1 Å². The Kier molecular flexibility index (Phi) is 4.76. The zero-order valence-corrected chi connectivity index (χ0v) is 20.9. The average molecular weight is 503 g/mol. The topological polar surface area (TPSA) is 48.8 Å². The first-order chi connectivity index (χ1) is 19.3. The van der Waals surface area contributed by atoms with Crippen molar-refractivity contribution in [1.82, 2.24) is 19.1 Å². The molecule has 8 aromatic rings. The van der Waals surface area contributed by atoms with Gasteiger partial charge in [-0.3, -0.25) is 4.98 Å². The standard InChI is InChI=1S/C34H22N4O/c1-2-13-29-26(11-1)27-17-16-24(34-36-33-30(37-19-5-6-20-37)14-8-15-32(33)39-34)22-31(27)38(29)25-10-7-9-23(21-25)28-12-3-4-18-35-28/h1-22H. The fraction of sp³-hybridized carbons (Fsp3) is 0. The van der Waals surface area contributed by atoms with E-state index < -0.39 is 0 Å². The van der Waals surface area contributed by atoms with Gasteiger partial charge in [0.1, 0.15) is 5.52 Å². The molecule has 0 unspecified atom stereocenters. The van der Waals surface area contributed by atoms with Crippen LogP contribution in [-0.2, 0) is 0 Å². The van der Waals surface area contributed by atoms with Crippen molar-refractivity contribution < 1.29 is 4.42 Å². The molecule has 0 N–H and O–H groups in total. The summed E-state index contributed by atoms with van der Waals surface area (Å²) in [5, 5.41) is 2.39. The number of benzene rings is 4. The maximum absolute atomic E-state index is 6.30. The molecule has 4 heterocycles. The SMILES string of the molecule is c1ccc(-c2cccc(-n3c4ccccc4c4ccc(-c5nc6c(-n7cccc7)cccc6o5)cc43)c2)nc1. The molecule has 0 aliphatic heterocycles. The second-order valence-electron chi connectivity index (χ2n) is 9.58. The number of hydrogen-bond donors (Lipinski definition) is 0. The number of fused-ring (bicyclic) bond motifs is 4. The minimum atomic E-state index is 0.602. The molecule has 0 saturated carbocycles. The first kappa shape index (κ1) is 21.6. The largest absolute Gasteiger partial charge is 0.436 e. The number of pyridine rings is 1. The highest BCUT2D eigenvalue weighted by molar-refractivity contribution is 6.10. The van der Waals surface area contributed by atoms with Crippen molar-refractivity contribution in [2.24, 2.45) is 0 Å². The highest BCUT2D eigenvalue weighted by Gasteiger charge is 2.17. The van der Waals surface area contributed by atoms with E-state index in [1.54, 1.807) is 0 Å². The molecular formula is C34H22N4O. The molecule has 5 heteroatoms. The smallest absolute Gasteiger partial charge is 0.227 e. The zero-order valence-electron chi connectivity index (χ0n) is 20.9. The predicted molar refractivity (Wildman–Crippen MR) is 156 cm³/mol. The molecule has 0 radical (unpaired) electrons. The van der Waals surface area contributed by atoms with Crippen molar-refractivity contribution >= 4 is 32.9 Å². The van der Waals surface area contributed by atoms with Crippen LogP contribution in [0.3, 0.4) is 0 Å². The van der Waals surface area contributed by atoms with Crippen LogP contribution in [0.2, 0.25) is 0 Å². The summed E-state index contributed by atoms with van der Waals surface area (Å²) in [5.41, 5.74) is 8.88. The molecule has 0 atom stereocenters. The van der Waals surface area contributed by atoms with Gasteiger partial charge in [-0.15, -0.1) is 0 Å². The monoisotopic (exact) mass is 502 g/mol. The Morgan fingerprint density at radius 2 is 1.46 bits per heavy atom. The number of oxazole rings is 1. The number of nitrogens with zero attached hydrogens (tertiary/aromatic N) is 4. The van der Waals surface area contributed by atoms with Gasteiger partial charge in [-0.05, 0) is 66.7 Å². The van der Waals surface area contributed by atoms with Crippen LogP contribution in [0, 0.1) is 0 Å². The maximum atomic E-state index is 6.30. The third kappa shape index (κ3) is 3.48. The summed E-state index contributed by atoms with van der Waals surface area (Å²) >= 11 is 0. The average Bonchev–Trinajstić information content (AvgIpc) is 3.75. The number of aromatic nitrogens is 4. The molecule has 0 fully saturated rings. The second-order valence-corrected chi connectivity index (χ2v) is 9.58. The lowest BCUT2D eigenvalue weighted by atomic mass is 10.1. The van der Waals surface area contributed by atoms with Crippen LogP contribution >= 0.6 is 0 Å². The van der Waals surface area contributed by atoms with E-state index in [0.29, 0.717) is 5.89 Å². The minimum absolute atomic E-state index is 0.602. The van der Waals surface area contributed by atoms with Crippen molar-refractivity contribution in [1.29, 1.82) is 0 Å². The summed E-state index contributed by atoms with van der Waals surface area (Å²) in [4.78, 5) is 9.52. The molecule has 184 valence electrons. The first-order valence-electron chi connectivity index (χ1n) is 12.9. The maximum Gasteiger partial charge on any atom is 0.227 e. The van der Waals surface area contributed by atoms with Gasteiger partial charge in [0, 0.05) is 46.2 Å². The van der Waals surface area contributed by atoms with Gasteiger partial charge in [0.05, 0.1) is 22.4 Å². The Hall–Kier alpha value is -5.42. The lowest BCUT2D eigenvalue weighted by molar-refractivity contribution is 0.620. The van der Waals surface area contributed by atoms with Gasteiger partial charge in [-0.25, -0.2) is 4.98 Å².